The Morgan fingerprint density at radius 1 is 1.00 bits per heavy atom. The number of phenolic OH excluding ortho intramolecular Hbond substituents is 1. The van der Waals surface area contributed by atoms with Gasteiger partial charge < -0.3 is 29.2 Å². The van der Waals surface area contributed by atoms with Crippen LogP contribution in [0.1, 0.15) is 45.6 Å². The lowest BCUT2D eigenvalue weighted by molar-refractivity contribution is -0.202. The molecule has 11 heteroatoms. The molecule has 1 aromatic rings. The summed E-state index contributed by atoms with van der Waals surface area (Å²) in [7, 11) is 0. The first kappa shape index (κ1) is 26.3. The fourth-order valence-corrected chi connectivity index (χ4v) is 5.09. The van der Waals surface area contributed by atoms with E-state index in [1.807, 2.05) is 0 Å². The van der Waals surface area contributed by atoms with Crippen molar-refractivity contribution in [3.05, 3.63) is 35.6 Å². The van der Waals surface area contributed by atoms with Gasteiger partial charge in [-0.3, -0.25) is 24.0 Å². The van der Waals surface area contributed by atoms with Gasteiger partial charge >= 0.3 is 11.9 Å². The number of aliphatic hydroxyl groups is 1. The van der Waals surface area contributed by atoms with Crippen LogP contribution in [0.25, 0.3) is 5.76 Å². The van der Waals surface area contributed by atoms with Crippen LogP contribution < -0.4 is 0 Å². The van der Waals surface area contributed by atoms with E-state index in [1.54, 1.807) is 6.92 Å². The number of ketones is 3. The Labute approximate surface area is 212 Å². The van der Waals surface area contributed by atoms with Gasteiger partial charge in [0.05, 0.1) is 6.42 Å². The Bertz CT molecular complexity index is 1150. The number of ether oxygens (including phenoxy) is 4. The van der Waals surface area contributed by atoms with E-state index in [1.165, 1.54) is 31.2 Å². The van der Waals surface area contributed by atoms with Crippen molar-refractivity contribution in [2.45, 2.75) is 70.6 Å². The van der Waals surface area contributed by atoms with Gasteiger partial charge in [0.2, 0.25) is 11.5 Å². The summed E-state index contributed by atoms with van der Waals surface area (Å²) >= 11 is 0. The highest BCUT2D eigenvalue weighted by Gasteiger charge is 2.52. The molecule has 198 valence electrons. The highest BCUT2D eigenvalue weighted by Crippen LogP contribution is 2.40. The number of aromatic hydroxyl groups is 1. The van der Waals surface area contributed by atoms with E-state index in [-0.39, 0.29) is 35.9 Å². The van der Waals surface area contributed by atoms with E-state index >= 15 is 0 Å². The highest BCUT2D eigenvalue weighted by molar-refractivity contribution is 6.18. The number of carbonyl (C=O) groups excluding carboxylic acids is 5. The van der Waals surface area contributed by atoms with Gasteiger partial charge in [-0.15, -0.1) is 0 Å². The average molecular weight is 516 g/mol. The molecule has 1 aliphatic heterocycles. The lowest BCUT2D eigenvalue weighted by Gasteiger charge is -2.43. The Balaban J connectivity index is 1.75. The summed E-state index contributed by atoms with van der Waals surface area (Å²) in [5.74, 6) is -5.06. The van der Waals surface area contributed by atoms with E-state index < -0.39 is 72.3 Å². The third-order valence-corrected chi connectivity index (χ3v) is 6.71. The molecule has 0 amide bonds. The molecule has 0 aromatic heterocycles. The van der Waals surface area contributed by atoms with Crippen LogP contribution in [0.4, 0.5) is 0 Å². The highest BCUT2D eigenvalue weighted by atomic mass is 16.6. The standard InChI is InChI=1S/C26H28O11/c1-11-8-19(25(35-13(3)28)22(33)23(11)34-12(2)27)37-26-21(32)20-17(31)9-16(30)10-18(20)36-24(26)14-4-6-15(29)7-5-14/h4-7,11,18-20,22-23,25,29,33H,8-10H2,1-3H3. The second-order valence-corrected chi connectivity index (χ2v) is 9.60. The molecule has 0 spiro atoms. The minimum atomic E-state index is -1.46. The van der Waals surface area contributed by atoms with Crippen molar-refractivity contribution in [2.24, 2.45) is 11.8 Å². The normalized spacial score (nSPS) is 31.8. The molecule has 7 atom stereocenters. The molecular formula is C26H28O11. The largest absolute Gasteiger partial charge is 0.508 e. The quantitative estimate of drug-likeness (QED) is 0.427. The van der Waals surface area contributed by atoms with Crippen LogP contribution in [0.15, 0.2) is 30.0 Å². The number of esters is 2. The van der Waals surface area contributed by atoms with Crippen molar-refractivity contribution >= 4 is 35.0 Å². The zero-order chi connectivity index (χ0) is 27.0. The number of fused-ring (bicyclic) bond motifs is 1. The lowest BCUT2D eigenvalue weighted by Crippen LogP contribution is -2.57. The molecule has 0 saturated heterocycles. The first-order chi connectivity index (χ1) is 17.5. The zero-order valence-corrected chi connectivity index (χ0v) is 20.5. The van der Waals surface area contributed by atoms with E-state index in [4.69, 9.17) is 18.9 Å². The number of hydrogen-bond donors (Lipinski definition) is 2. The van der Waals surface area contributed by atoms with Crippen LogP contribution in [0, 0.1) is 11.8 Å². The Morgan fingerprint density at radius 2 is 1.62 bits per heavy atom. The van der Waals surface area contributed by atoms with Crippen LogP contribution >= 0.6 is 0 Å². The number of allylic oxidation sites excluding steroid dienone is 1. The van der Waals surface area contributed by atoms with Crippen molar-refractivity contribution in [3.63, 3.8) is 0 Å². The summed E-state index contributed by atoms with van der Waals surface area (Å²) < 4.78 is 22.7. The fraction of sp³-hybridized carbons (Fsp3) is 0.500. The van der Waals surface area contributed by atoms with Gasteiger partial charge in [-0.1, -0.05) is 6.92 Å². The van der Waals surface area contributed by atoms with Crippen molar-refractivity contribution in [1.82, 2.24) is 0 Å². The summed E-state index contributed by atoms with van der Waals surface area (Å²) in [4.78, 5) is 61.7. The van der Waals surface area contributed by atoms with E-state index in [2.05, 4.69) is 0 Å². The van der Waals surface area contributed by atoms with Crippen LogP contribution in [0.2, 0.25) is 0 Å². The minimum Gasteiger partial charge on any atom is -0.508 e. The summed E-state index contributed by atoms with van der Waals surface area (Å²) in [6, 6.07) is 5.70. The predicted molar refractivity (Wildman–Crippen MR) is 123 cm³/mol. The predicted octanol–water partition coefficient (Wildman–Crippen LogP) is 1.23. The lowest BCUT2D eigenvalue weighted by atomic mass is 9.78. The van der Waals surface area contributed by atoms with Crippen LogP contribution in [0.5, 0.6) is 5.75 Å². The number of phenols is 1. The zero-order valence-electron chi connectivity index (χ0n) is 20.5. The monoisotopic (exact) mass is 516 g/mol. The number of aliphatic hydroxyl groups excluding tert-OH is 1. The smallest absolute Gasteiger partial charge is 0.303 e. The molecule has 2 N–H and O–H groups in total. The Kier molecular flexibility index (Phi) is 7.35. The molecule has 2 aliphatic carbocycles. The number of rotatable bonds is 5. The van der Waals surface area contributed by atoms with Gasteiger partial charge in [0.15, 0.2) is 17.6 Å². The minimum absolute atomic E-state index is 0.0366. The maximum Gasteiger partial charge on any atom is 0.303 e. The maximum absolute atomic E-state index is 13.6. The van der Waals surface area contributed by atoms with E-state index in [9.17, 15) is 34.2 Å². The Morgan fingerprint density at radius 3 is 2.24 bits per heavy atom. The topological polar surface area (TPSA) is 163 Å². The molecule has 3 aliphatic rings. The summed E-state index contributed by atoms with van der Waals surface area (Å²) in [5, 5.41) is 20.6. The molecule has 4 rings (SSSR count). The summed E-state index contributed by atoms with van der Waals surface area (Å²) in [6.45, 7) is 4.04. The van der Waals surface area contributed by atoms with Crippen molar-refractivity contribution in [3.8, 4) is 5.75 Å². The molecule has 37 heavy (non-hydrogen) atoms. The second-order valence-electron chi connectivity index (χ2n) is 9.60. The molecule has 7 unspecified atom stereocenters. The van der Waals surface area contributed by atoms with Crippen LogP contribution in [-0.2, 0) is 42.9 Å². The summed E-state index contributed by atoms with van der Waals surface area (Å²) in [6.07, 6.45) is -6.22. The van der Waals surface area contributed by atoms with Crippen molar-refractivity contribution in [2.75, 3.05) is 0 Å². The maximum atomic E-state index is 13.6. The van der Waals surface area contributed by atoms with Gasteiger partial charge in [0.1, 0.15) is 41.9 Å². The van der Waals surface area contributed by atoms with Gasteiger partial charge in [0, 0.05) is 25.8 Å². The molecule has 0 radical (unpaired) electrons. The van der Waals surface area contributed by atoms with Gasteiger partial charge in [0.25, 0.3) is 0 Å². The van der Waals surface area contributed by atoms with E-state index in [0.29, 0.717) is 5.56 Å². The first-order valence-corrected chi connectivity index (χ1v) is 11.9. The SMILES string of the molecule is CC(=O)OC1C(C)CC(OC2=C(c3ccc(O)cc3)OC3CC(=O)CC(=O)C3C2=O)C(OC(C)=O)C1O. The first-order valence-electron chi connectivity index (χ1n) is 11.9. The molecular weight excluding hydrogens is 488 g/mol. The van der Waals surface area contributed by atoms with Crippen LogP contribution in [0.3, 0.4) is 0 Å². The molecule has 2 fully saturated rings. The van der Waals surface area contributed by atoms with Crippen LogP contribution in [-0.4, -0.2) is 70.0 Å². The number of Topliss-reactive ketones (excluding diaryl/α,β-unsaturated/α-hetero) is 3. The molecule has 1 aromatic carbocycles. The molecule has 2 saturated carbocycles. The van der Waals surface area contributed by atoms with Crippen molar-refractivity contribution < 1.29 is 53.1 Å². The fourth-order valence-electron chi connectivity index (χ4n) is 5.09. The van der Waals surface area contributed by atoms with Crippen molar-refractivity contribution in [1.29, 1.82) is 0 Å². The molecule has 1 heterocycles. The van der Waals surface area contributed by atoms with Gasteiger partial charge in [-0.05, 0) is 36.6 Å². The summed E-state index contributed by atoms with van der Waals surface area (Å²) in [5.41, 5.74) is 0.344. The third-order valence-electron chi connectivity index (χ3n) is 6.71. The van der Waals surface area contributed by atoms with Gasteiger partial charge in [-0.25, -0.2) is 0 Å². The molecule has 0 bridgehead atoms. The number of carbonyl (C=O) groups is 5. The third kappa shape index (κ3) is 5.36. The second kappa shape index (κ2) is 10.3. The number of hydrogen-bond acceptors (Lipinski definition) is 11. The van der Waals surface area contributed by atoms with E-state index in [0.717, 1.165) is 6.92 Å². The average Bonchev–Trinajstić information content (AvgIpc) is 2.80. The number of benzene rings is 1. The van der Waals surface area contributed by atoms with Gasteiger partial charge in [-0.2, -0.15) is 0 Å². The molecule has 11 nitrogen and oxygen atoms in total. The Hall–Kier alpha value is -3.73.